The van der Waals surface area contributed by atoms with Crippen LogP contribution in [0.15, 0.2) is 61.1 Å². The molecular formula is C19H14F2N4O. The summed E-state index contributed by atoms with van der Waals surface area (Å²) >= 11 is 0. The highest BCUT2D eigenvalue weighted by molar-refractivity contribution is 5.75. The molecule has 4 aromatic rings. The lowest BCUT2D eigenvalue weighted by atomic mass is 10.1. The summed E-state index contributed by atoms with van der Waals surface area (Å²) in [6.45, 7) is 0.181. The summed E-state index contributed by atoms with van der Waals surface area (Å²) in [6, 6.07) is 10.1. The number of nitrogens with two attached hydrogens (primary N) is 1. The van der Waals surface area contributed by atoms with Gasteiger partial charge >= 0.3 is 0 Å². The van der Waals surface area contributed by atoms with Gasteiger partial charge in [0.05, 0.1) is 5.69 Å². The maximum absolute atomic E-state index is 13.2. The molecule has 0 bridgehead atoms. The molecule has 26 heavy (non-hydrogen) atoms. The molecule has 2 heterocycles. The highest BCUT2D eigenvalue weighted by atomic mass is 19.1. The first-order chi connectivity index (χ1) is 12.6. The number of hydrogen-bond acceptors (Lipinski definition) is 4. The van der Waals surface area contributed by atoms with E-state index in [1.165, 1.54) is 24.3 Å². The van der Waals surface area contributed by atoms with Crippen molar-refractivity contribution in [1.29, 1.82) is 0 Å². The molecule has 0 saturated heterocycles. The zero-order valence-electron chi connectivity index (χ0n) is 13.6. The Morgan fingerprint density at radius 2 is 1.88 bits per heavy atom. The summed E-state index contributed by atoms with van der Waals surface area (Å²) in [7, 11) is 0. The Balaban J connectivity index is 1.59. The number of hydrogen-bond donors (Lipinski definition) is 1. The molecule has 0 amide bonds. The average Bonchev–Trinajstić information content (AvgIpc) is 3.02. The topological polar surface area (TPSA) is 65.4 Å². The first-order valence-electron chi connectivity index (χ1n) is 7.86. The van der Waals surface area contributed by atoms with Gasteiger partial charge in [-0.05, 0) is 30.3 Å². The molecule has 130 valence electrons. The van der Waals surface area contributed by atoms with E-state index in [1.54, 1.807) is 35.0 Å². The van der Waals surface area contributed by atoms with E-state index in [4.69, 9.17) is 10.5 Å². The van der Waals surface area contributed by atoms with Gasteiger partial charge in [0.1, 0.15) is 24.0 Å². The Morgan fingerprint density at radius 3 is 2.69 bits per heavy atom. The van der Waals surface area contributed by atoms with E-state index in [2.05, 4.69) is 9.97 Å². The molecule has 0 spiro atoms. The van der Waals surface area contributed by atoms with Gasteiger partial charge in [-0.3, -0.25) is 4.40 Å². The molecule has 0 aliphatic carbocycles. The number of benzene rings is 2. The number of rotatable bonds is 4. The van der Waals surface area contributed by atoms with E-state index < -0.39 is 0 Å². The SMILES string of the molecule is Nc1cc(F)ccc1-c1cnc2nc(COc3cccc(F)c3)cn2c1. The summed E-state index contributed by atoms with van der Waals surface area (Å²) in [6.07, 6.45) is 5.21. The van der Waals surface area contributed by atoms with Crippen molar-refractivity contribution in [2.45, 2.75) is 6.61 Å². The minimum absolute atomic E-state index is 0.181. The minimum Gasteiger partial charge on any atom is -0.487 e. The van der Waals surface area contributed by atoms with E-state index in [-0.39, 0.29) is 18.2 Å². The molecule has 7 heteroatoms. The number of fused-ring (bicyclic) bond motifs is 1. The van der Waals surface area contributed by atoms with Crippen molar-refractivity contribution >= 4 is 11.5 Å². The lowest BCUT2D eigenvalue weighted by molar-refractivity contribution is 0.300. The summed E-state index contributed by atoms with van der Waals surface area (Å²) in [5, 5.41) is 0. The Kier molecular flexibility index (Phi) is 3.96. The molecule has 2 aromatic carbocycles. The second kappa shape index (κ2) is 6.44. The van der Waals surface area contributed by atoms with Crippen LogP contribution in [0.4, 0.5) is 14.5 Å². The van der Waals surface area contributed by atoms with Crippen molar-refractivity contribution < 1.29 is 13.5 Å². The lowest BCUT2D eigenvalue weighted by Crippen LogP contribution is -1.95. The van der Waals surface area contributed by atoms with Crippen molar-refractivity contribution in [3.8, 4) is 16.9 Å². The quantitative estimate of drug-likeness (QED) is 0.567. The Hall–Kier alpha value is -3.48. The number of halogens is 2. The van der Waals surface area contributed by atoms with Gasteiger partial charge in [0.25, 0.3) is 0 Å². The number of anilines is 1. The van der Waals surface area contributed by atoms with Gasteiger partial charge in [-0.25, -0.2) is 18.7 Å². The molecular weight excluding hydrogens is 338 g/mol. The highest BCUT2D eigenvalue weighted by Crippen LogP contribution is 2.26. The fourth-order valence-corrected chi connectivity index (χ4v) is 2.65. The van der Waals surface area contributed by atoms with Gasteiger partial charge in [-0.2, -0.15) is 0 Å². The molecule has 5 nitrogen and oxygen atoms in total. The molecule has 2 aromatic heterocycles. The van der Waals surface area contributed by atoms with E-state index in [1.807, 2.05) is 6.20 Å². The maximum Gasteiger partial charge on any atom is 0.234 e. The van der Waals surface area contributed by atoms with Crippen LogP contribution in [0.25, 0.3) is 16.9 Å². The normalized spacial score (nSPS) is 11.0. The molecule has 0 atom stereocenters. The number of nitrogen functional groups attached to an aromatic ring is 1. The molecule has 0 aliphatic heterocycles. The number of aromatic nitrogens is 3. The zero-order valence-corrected chi connectivity index (χ0v) is 13.6. The Labute approximate surface area is 147 Å². The summed E-state index contributed by atoms with van der Waals surface area (Å²) in [5.74, 6) is 0.169. The summed E-state index contributed by atoms with van der Waals surface area (Å²) in [4.78, 5) is 8.66. The van der Waals surface area contributed by atoms with Crippen LogP contribution in [0.3, 0.4) is 0 Å². The van der Waals surface area contributed by atoms with Gasteiger partial charge in [0.2, 0.25) is 5.78 Å². The monoisotopic (exact) mass is 352 g/mol. The van der Waals surface area contributed by atoms with Gasteiger partial charge < -0.3 is 10.5 Å². The second-order valence-corrected chi connectivity index (χ2v) is 5.76. The van der Waals surface area contributed by atoms with Crippen molar-refractivity contribution in [2.24, 2.45) is 0 Å². The van der Waals surface area contributed by atoms with Crippen LogP contribution in [0.1, 0.15) is 5.69 Å². The van der Waals surface area contributed by atoms with Crippen LogP contribution in [0, 0.1) is 11.6 Å². The van der Waals surface area contributed by atoms with Gasteiger partial charge in [-0.15, -0.1) is 0 Å². The predicted octanol–water partition coefficient (Wildman–Crippen LogP) is 3.84. The van der Waals surface area contributed by atoms with Crippen molar-refractivity contribution in [3.63, 3.8) is 0 Å². The third kappa shape index (κ3) is 3.19. The molecule has 0 saturated carbocycles. The van der Waals surface area contributed by atoms with Gasteiger partial charge in [0.15, 0.2) is 0 Å². The van der Waals surface area contributed by atoms with Crippen LogP contribution < -0.4 is 10.5 Å². The van der Waals surface area contributed by atoms with Crippen LogP contribution in [-0.2, 0) is 6.61 Å². The summed E-state index contributed by atoms with van der Waals surface area (Å²) < 4.78 is 33.7. The fraction of sp³-hybridized carbons (Fsp3) is 0.0526. The van der Waals surface area contributed by atoms with Gasteiger partial charge in [-0.1, -0.05) is 6.07 Å². The van der Waals surface area contributed by atoms with Crippen molar-refractivity contribution in [2.75, 3.05) is 5.73 Å². The highest BCUT2D eigenvalue weighted by Gasteiger charge is 2.09. The zero-order chi connectivity index (χ0) is 18.1. The first kappa shape index (κ1) is 16.0. The van der Waals surface area contributed by atoms with Crippen LogP contribution >= 0.6 is 0 Å². The molecule has 0 unspecified atom stereocenters. The number of ether oxygens (including phenoxy) is 1. The van der Waals surface area contributed by atoms with E-state index >= 15 is 0 Å². The first-order valence-corrected chi connectivity index (χ1v) is 7.86. The Bertz CT molecular complexity index is 1090. The maximum atomic E-state index is 13.2. The van der Waals surface area contributed by atoms with E-state index in [0.29, 0.717) is 28.5 Å². The second-order valence-electron chi connectivity index (χ2n) is 5.76. The molecule has 0 fully saturated rings. The van der Waals surface area contributed by atoms with Crippen LogP contribution in [0.5, 0.6) is 5.75 Å². The average molecular weight is 352 g/mol. The smallest absolute Gasteiger partial charge is 0.234 e. The standard InChI is InChI=1S/C19H14F2N4O/c20-13-2-1-3-16(6-13)26-11-15-10-25-9-12(8-23-19(25)24-15)17-5-4-14(21)7-18(17)22/h1-10H,11,22H2. The number of nitrogens with zero attached hydrogens (tertiary/aromatic N) is 3. The fourth-order valence-electron chi connectivity index (χ4n) is 2.65. The number of imidazole rings is 1. The van der Waals surface area contributed by atoms with Gasteiger partial charge in [0, 0.05) is 41.5 Å². The largest absolute Gasteiger partial charge is 0.487 e. The third-order valence-electron chi connectivity index (χ3n) is 3.87. The van der Waals surface area contributed by atoms with Crippen molar-refractivity contribution in [3.05, 3.63) is 78.4 Å². The van der Waals surface area contributed by atoms with Crippen molar-refractivity contribution in [1.82, 2.24) is 14.4 Å². The lowest BCUT2D eigenvalue weighted by Gasteiger charge is -2.05. The summed E-state index contributed by atoms with van der Waals surface area (Å²) in [5.41, 5.74) is 8.29. The molecule has 4 rings (SSSR count). The predicted molar refractivity (Wildman–Crippen MR) is 93.5 cm³/mol. The molecule has 0 radical (unpaired) electrons. The molecule has 0 aliphatic rings. The minimum atomic E-state index is -0.389. The molecule has 2 N–H and O–H groups in total. The Morgan fingerprint density at radius 1 is 1.04 bits per heavy atom. The van der Waals surface area contributed by atoms with Crippen LogP contribution in [0.2, 0.25) is 0 Å². The third-order valence-corrected chi connectivity index (χ3v) is 3.87. The van der Waals surface area contributed by atoms with Crippen LogP contribution in [-0.4, -0.2) is 14.4 Å². The van der Waals surface area contributed by atoms with E-state index in [0.717, 1.165) is 5.56 Å². The van der Waals surface area contributed by atoms with E-state index in [9.17, 15) is 8.78 Å².